The number of halogens is 1. The molecule has 0 unspecified atom stereocenters. The highest BCUT2D eigenvalue weighted by Gasteiger charge is 2.33. The van der Waals surface area contributed by atoms with Crippen LogP contribution < -0.4 is 10.1 Å². The molecule has 2 aromatic heterocycles. The van der Waals surface area contributed by atoms with Gasteiger partial charge in [0.1, 0.15) is 18.2 Å². The molecule has 4 aromatic rings. The summed E-state index contributed by atoms with van der Waals surface area (Å²) in [5.41, 5.74) is 4.11. The van der Waals surface area contributed by atoms with E-state index < -0.39 is 0 Å². The average Bonchev–Trinajstić information content (AvgIpc) is 3.19. The largest absolute Gasteiger partial charge is 0.481 e. The van der Waals surface area contributed by atoms with E-state index in [-0.39, 0.29) is 24.4 Å². The standard InChI is InChI=1S/C25H19ClN6O2/c1-3-12-34-19-10-6-16(7-11-19)20-13-22(33)29-24-23(20)15(2)31-32(24)25-28-21(14-27-30-25)17-4-8-18(26)9-5-17/h1,4-11,14,20H,12-13H2,2H3,(H,29,33)/t20-/m0/s1. The number of benzene rings is 2. The molecule has 1 amide bonds. The highest BCUT2D eigenvalue weighted by molar-refractivity contribution is 6.30. The van der Waals surface area contributed by atoms with Crippen molar-refractivity contribution in [2.75, 3.05) is 11.9 Å². The number of carbonyl (C=O) groups is 1. The van der Waals surface area contributed by atoms with E-state index in [2.05, 4.69) is 31.5 Å². The smallest absolute Gasteiger partial charge is 0.272 e. The number of terminal acetylenes is 1. The number of hydrogen-bond acceptors (Lipinski definition) is 6. The van der Waals surface area contributed by atoms with Crippen LogP contribution in [0, 0.1) is 19.3 Å². The number of carbonyl (C=O) groups excluding carboxylic acids is 1. The Bertz CT molecular complexity index is 1410. The molecule has 0 saturated carbocycles. The van der Waals surface area contributed by atoms with Gasteiger partial charge in [0.05, 0.1) is 17.6 Å². The molecule has 0 bridgehead atoms. The van der Waals surface area contributed by atoms with Crippen molar-refractivity contribution in [2.24, 2.45) is 0 Å². The van der Waals surface area contributed by atoms with Crippen LogP contribution in [-0.4, -0.2) is 37.5 Å². The molecule has 34 heavy (non-hydrogen) atoms. The van der Waals surface area contributed by atoms with Gasteiger partial charge in [-0.25, -0.2) is 4.98 Å². The van der Waals surface area contributed by atoms with Crippen molar-refractivity contribution in [1.82, 2.24) is 25.0 Å². The first kappa shape index (κ1) is 21.6. The van der Waals surface area contributed by atoms with Crippen LogP contribution in [0.15, 0.2) is 54.7 Å². The summed E-state index contributed by atoms with van der Waals surface area (Å²) < 4.78 is 7.00. The zero-order chi connectivity index (χ0) is 23.7. The number of hydrogen-bond donors (Lipinski definition) is 1. The maximum absolute atomic E-state index is 12.7. The molecule has 5 rings (SSSR count). The Hall–Kier alpha value is -4.22. The predicted molar refractivity (Wildman–Crippen MR) is 128 cm³/mol. The van der Waals surface area contributed by atoms with Gasteiger partial charge in [0, 0.05) is 28.5 Å². The lowest BCUT2D eigenvalue weighted by molar-refractivity contribution is -0.116. The minimum atomic E-state index is -0.174. The second kappa shape index (κ2) is 8.96. The van der Waals surface area contributed by atoms with Crippen LogP contribution in [0.5, 0.6) is 5.75 Å². The molecule has 0 aliphatic carbocycles. The van der Waals surface area contributed by atoms with Crippen molar-refractivity contribution >= 4 is 23.3 Å². The summed E-state index contributed by atoms with van der Waals surface area (Å²) in [6, 6.07) is 14.9. The Morgan fingerprint density at radius 2 is 1.97 bits per heavy atom. The summed E-state index contributed by atoms with van der Waals surface area (Å²) in [5, 5.41) is 16.5. The van der Waals surface area contributed by atoms with Crippen molar-refractivity contribution in [3.63, 3.8) is 0 Å². The van der Waals surface area contributed by atoms with E-state index in [1.165, 1.54) is 4.68 Å². The third-order valence-electron chi connectivity index (χ3n) is 5.58. The molecule has 1 aliphatic heterocycles. The second-order valence-electron chi connectivity index (χ2n) is 7.77. The summed E-state index contributed by atoms with van der Waals surface area (Å²) in [7, 11) is 0. The van der Waals surface area contributed by atoms with E-state index in [1.54, 1.807) is 18.3 Å². The van der Waals surface area contributed by atoms with E-state index in [0.717, 1.165) is 22.4 Å². The first-order chi connectivity index (χ1) is 16.5. The maximum Gasteiger partial charge on any atom is 0.272 e. The summed E-state index contributed by atoms with van der Waals surface area (Å²) in [6.45, 7) is 2.10. The molecule has 9 heteroatoms. The molecular weight excluding hydrogens is 452 g/mol. The highest BCUT2D eigenvalue weighted by Crippen LogP contribution is 2.40. The molecule has 1 N–H and O–H groups in total. The molecule has 1 atom stereocenters. The lowest BCUT2D eigenvalue weighted by Gasteiger charge is -2.24. The third-order valence-corrected chi connectivity index (χ3v) is 5.84. The topological polar surface area (TPSA) is 94.8 Å². The lowest BCUT2D eigenvalue weighted by Crippen LogP contribution is -2.25. The van der Waals surface area contributed by atoms with E-state index >= 15 is 0 Å². The SMILES string of the molecule is C#CCOc1ccc([C@@H]2CC(=O)Nc3c2c(C)nn3-c2nncc(-c3ccc(Cl)cc3)n2)cc1. The van der Waals surface area contributed by atoms with Crippen LogP contribution in [0.2, 0.25) is 5.02 Å². The van der Waals surface area contributed by atoms with Crippen molar-refractivity contribution in [1.29, 1.82) is 0 Å². The van der Waals surface area contributed by atoms with Gasteiger partial charge in [0.15, 0.2) is 0 Å². The summed E-state index contributed by atoms with van der Waals surface area (Å²) in [5.74, 6) is 3.63. The fourth-order valence-corrected chi connectivity index (χ4v) is 4.17. The normalized spacial score (nSPS) is 14.7. The Balaban J connectivity index is 1.53. The molecule has 0 fully saturated rings. The number of aromatic nitrogens is 5. The van der Waals surface area contributed by atoms with E-state index in [4.69, 9.17) is 22.8 Å². The highest BCUT2D eigenvalue weighted by atomic mass is 35.5. The van der Waals surface area contributed by atoms with Gasteiger partial charge in [-0.2, -0.15) is 14.9 Å². The van der Waals surface area contributed by atoms with E-state index in [9.17, 15) is 4.79 Å². The van der Waals surface area contributed by atoms with Crippen molar-refractivity contribution in [3.8, 4) is 35.3 Å². The summed E-state index contributed by atoms with van der Waals surface area (Å²) in [6.07, 6.45) is 7.13. The second-order valence-corrected chi connectivity index (χ2v) is 8.21. The van der Waals surface area contributed by atoms with Crippen LogP contribution in [0.1, 0.15) is 29.2 Å². The van der Waals surface area contributed by atoms with Gasteiger partial charge < -0.3 is 10.1 Å². The number of nitrogens with one attached hydrogen (secondary N) is 1. The van der Waals surface area contributed by atoms with Crippen LogP contribution >= 0.6 is 11.6 Å². The molecular formula is C25H19ClN6O2. The molecule has 3 heterocycles. The van der Waals surface area contributed by atoms with Crippen LogP contribution in [0.25, 0.3) is 17.2 Å². The Labute approximate surface area is 201 Å². The van der Waals surface area contributed by atoms with E-state index in [1.807, 2.05) is 43.3 Å². The minimum Gasteiger partial charge on any atom is -0.481 e. The van der Waals surface area contributed by atoms with Gasteiger partial charge in [-0.1, -0.05) is 41.8 Å². The summed E-state index contributed by atoms with van der Waals surface area (Å²) >= 11 is 6.00. The summed E-state index contributed by atoms with van der Waals surface area (Å²) in [4.78, 5) is 17.3. The Kier molecular flexibility index (Phi) is 5.70. The number of anilines is 1. The van der Waals surface area contributed by atoms with Crippen molar-refractivity contribution < 1.29 is 9.53 Å². The Morgan fingerprint density at radius 3 is 2.71 bits per heavy atom. The molecule has 0 saturated heterocycles. The molecule has 2 aromatic carbocycles. The maximum atomic E-state index is 12.7. The van der Waals surface area contributed by atoms with Gasteiger partial charge in [-0.05, 0) is 36.8 Å². The molecule has 168 valence electrons. The van der Waals surface area contributed by atoms with Gasteiger partial charge in [-0.15, -0.1) is 11.5 Å². The van der Waals surface area contributed by atoms with Crippen LogP contribution in [0.4, 0.5) is 5.82 Å². The number of amides is 1. The van der Waals surface area contributed by atoms with Gasteiger partial charge >= 0.3 is 0 Å². The molecule has 0 radical (unpaired) electrons. The zero-order valence-corrected chi connectivity index (χ0v) is 19.0. The number of aryl methyl sites for hydroxylation is 1. The minimum absolute atomic E-state index is 0.117. The number of fused-ring (bicyclic) bond motifs is 1. The van der Waals surface area contributed by atoms with Gasteiger partial charge in [0.25, 0.3) is 5.95 Å². The number of ether oxygens (including phenoxy) is 1. The number of nitrogens with zero attached hydrogens (tertiary/aromatic N) is 5. The molecule has 0 spiro atoms. The Morgan fingerprint density at radius 1 is 1.21 bits per heavy atom. The fraction of sp³-hybridized carbons (Fsp3) is 0.160. The zero-order valence-electron chi connectivity index (χ0n) is 18.2. The molecule has 8 nitrogen and oxygen atoms in total. The monoisotopic (exact) mass is 470 g/mol. The third kappa shape index (κ3) is 4.09. The van der Waals surface area contributed by atoms with Gasteiger partial charge in [-0.3, -0.25) is 4.79 Å². The van der Waals surface area contributed by atoms with Gasteiger partial charge in [0.2, 0.25) is 5.91 Å². The van der Waals surface area contributed by atoms with Crippen LogP contribution in [0.3, 0.4) is 0 Å². The van der Waals surface area contributed by atoms with E-state index in [0.29, 0.717) is 28.7 Å². The average molecular weight is 471 g/mol. The molecule has 1 aliphatic rings. The quantitative estimate of drug-likeness (QED) is 0.440. The first-order valence-corrected chi connectivity index (χ1v) is 10.9. The van der Waals surface area contributed by atoms with Crippen molar-refractivity contribution in [2.45, 2.75) is 19.3 Å². The van der Waals surface area contributed by atoms with Crippen LogP contribution in [-0.2, 0) is 4.79 Å². The number of rotatable bonds is 5. The fourth-order valence-electron chi connectivity index (χ4n) is 4.04. The lowest BCUT2D eigenvalue weighted by atomic mass is 9.86. The predicted octanol–water partition coefficient (Wildman–Crippen LogP) is 4.17. The van der Waals surface area contributed by atoms with Crippen molar-refractivity contribution in [3.05, 3.63) is 76.6 Å². The first-order valence-electron chi connectivity index (χ1n) is 10.5.